The molecule has 3 atom stereocenters. The van der Waals surface area contributed by atoms with Crippen LogP contribution in [0, 0.1) is 0 Å². The first-order valence-corrected chi connectivity index (χ1v) is 15.8. The first-order valence-electron chi connectivity index (χ1n) is 15.8. The molecule has 0 saturated carbocycles. The van der Waals surface area contributed by atoms with Crippen LogP contribution in [0.15, 0.2) is 0 Å². The van der Waals surface area contributed by atoms with E-state index in [1.807, 2.05) is 20.8 Å². The lowest BCUT2D eigenvalue weighted by atomic mass is 10.3. The second-order valence-electron chi connectivity index (χ2n) is 8.95. The molecular formula is C33H68O16. The fourth-order valence-corrected chi connectivity index (χ4v) is 1.10. The van der Waals surface area contributed by atoms with E-state index in [-0.39, 0.29) is 29.8 Å². The summed E-state index contributed by atoms with van der Waals surface area (Å²) in [5.74, 6) is -1.59. The molecule has 0 aliphatic carbocycles. The predicted molar refractivity (Wildman–Crippen MR) is 184 cm³/mol. The average molecular weight is 721 g/mol. The number of Topliss-reactive ketones (excluding diaryl/α,β-unsaturated/α-hetero) is 1. The monoisotopic (exact) mass is 720 g/mol. The van der Waals surface area contributed by atoms with Gasteiger partial charge in [-0.15, -0.1) is 0 Å². The van der Waals surface area contributed by atoms with Gasteiger partial charge in [0.05, 0.1) is 46.2 Å². The van der Waals surface area contributed by atoms with Crippen molar-refractivity contribution in [3.8, 4) is 0 Å². The number of ketones is 1. The lowest BCUT2D eigenvalue weighted by Crippen LogP contribution is -2.19. The van der Waals surface area contributed by atoms with Gasteiger partial charge >= 0.3 is 29.8 Å². The molecule has 16 heteroatoms. The Labute approximate surface area is 294 Å². The van der Waals surface area contributed by atoms with E-state index in [0.717, 1.165) is 19.3 Å². The number of carbonyl (C=O) groups excluding carboxylic acids is 7. The summed E-state index contributed by atoms with van der Waals surface area (Å²) in [5.41, 5.74) is 0. The topological polar surface area (TPSA) is 236 Å². The Morgan fingerprint density at radius 3 is 0.980 bits per heavy atom. The van der Waals surface area contributed by atoms with Crippen LogP contribution in [-0.4, -0.2) is 116 Å². The van der Waals surface area contributed by atoms with Crippen molar-refractivity contribution < 1.29 is 77.3 Å². The summed E-state index contributed by atoms with van der Waals surface area (Å²) in [7, 11) is 1.35. The number of aliphatic hydroxyl groups is 3. The fourth-order valence-electron chi connectivity index (χ4n) is 1.10. The maximum Gasteiger partial charge on any atom is 0.334 e. The molecule has 0 aromatic carbocycles. The van der Waals surface area contributed by atoms with Crippen LogP contribution >= 0.6 is 0 Å². The Morgan fingerprint density at radius 1 is 0.571 bits per heavy atom. The Kier molecular flexibility index (Phi) is 74.0. The SMILES string of the molecule is CC(C)=O.CCC(C)O.CCCOC(=O)C(C)O.CCCOC(C)=O.CCOC(=O)C(C)O.CCOC(C)=O.CCOC=O.COC(C)=O. The highest BCUT2D eigenvalue weighted by Gasteiger charge is 2.08. The van der Waals surface area contributed by atoms with Crippen molar-refractivity contribution in [2.45, 2.75) is 135 Å². The third-order valence-corrected chi connectivity index (χ3v) is 3.39. The van der Waals surface area contributed by atoms with E-state index in [9.17, 15) is 33.6 Å². The molecular weight excluding hydrogens is 652 g/mol. The van der Waals surface area contributed by atoms with Gasteiger partial charge in [0, 0.05) is 20.8 Å². The number of esters is 5. The highest BCUT2D eigenvalue weighted by atomic mass is 16.6. The summed E-state index contributed by atoms with van der Waals surface area (Å²) in [6.07, 6.45) is 0.458. The molecule has 0 spiro atoms. The Bertz CT molecular complexity index is 747. The molecule has 0 heterocycles. The van der Waals surface area contributed by atoms with Crippen LogP contribution in [0.25, 0.3) is 0 Å². The summed E-state index contributed by atoms with van der Waals surface area (Å²) in [6.45, 7) is 25.5. The number of ether oxygens (including phenoxy) is 6. The van der Waals surface area contributed by atoms with E-state index >= 15 is 0 Å². The molecule has 3 N–H and O–H groups in total. The van der Waals surface area contributed by atoms with Gasteiger partial charge in [0.1, 0.15) is 18.0 Å². The average Bonchev–Trinajstić information content (AvgIpc) is 3.00. The van der Waals surface area contributed by atoms with Gasteiger partial charge in [-0.05, 0) is 74.7 Å². The van der Waals surface area contributed by atoms with Crippen molar-refractivity contribution in [2.24, 2.45) is 0 Å². The van der Waals surface area contributed by atoms with Crippen molar-refractivity contribution >= 4 is 42.1 Å². The number of hydrogen-bond donors (Lipinski definition) is 3. The van der Waals surface area contributed by atoms with E-state index in [1.54, 1.807) is 27.7 Å². The van der Waals surface area contributed by atoms with Gasteiger partial charge in [-0.25, -0.2) is 9.59 Å². The van der Waals surface area contributed by atoms with Gasteiger partial charge in [0.15, 0.2) is 0 Å². The van der Waals surface area contributed by atoms with Crippen LogP contribution < -0.4 is 0 Å². The highest BCUT2D eigenvalue weighted by molar-refractivity contribution is 5.74. The zero-order valence-corrected chi connectivity index (χ0v) is 32.6. The molecule has 0 rings (SSSR count). The third-order valence-electron chi connectivity index (χ3n) is 3.39. The highest BCUT2D eigenvalue weighted by Crippen LogP contribution is 1.87. The second kappa shape index (κ2) is 56.7. The van der Waals surface area contributed by atoms with Crippen LogP contribution in [-0.2, 0) is 62.0 Å². The summed E-state index contributed by atoms with van der Waals surface area (Å²) in [6, 6.07) is 0. The van der Waals surface area contributed by atoms with E-state index in [1.165, 1.54) is 55.6 Å². The van der Waals surface area contributed by atoms with Crippen molar-refractivity contribution in [2.75, 3.05) is 40.1 Å². The largest absolute Gasteiger partial charge is 0.469 e. The van der Waals surface area contributed by atoms with Crippen molar-refractivity contribution in [3.05, 3.63) is 0 Å². The summed E-state index contributed by atoms with van der Waals surface area (Å²) in [4.78, 5) is 68.7. The van der Waals surface area contributed by atoms with Gasteiger partial charge < -0.3 is 48.5 Å². The third kappa shape index (κ3) is 134. The van der Waals surface area contributed by atoms with Crippen LogP contribution in [0.5, 0.6) is 0 Å². The fraction of sp³-hybridized carbons (Fsp3) is 0.788. The zero-order valence-electron chi connectivity index (χ0n) is 32.6. The molecule has 0 saturated heterocycles. The minimum atomic E-state index is -0.991. The Hall–Kier alpha value is -3.63. The molecule has 3 unspecified atom stereocenters. The number of aliphatic hydroxyl groups excluding tert-OH is 3. The molecule has 16 nitrogen and oxygen atoms in total. The molecule has 296 valence electrons. The minimum absolute atomic E-state index is 0.116. The van der Waals surface area contributed by atoms with E-state index in [0.29, 0.717) is 39.5 Å². The maximum absolute atomic E-state index is 10.4. The molecule has 0 aromatic heterocycles. The van der Waals surface area contributed by atoms with Crippen molar-refractivity contribution in [1.29, 1.82) is 0 Å². The molecule has 0 radical (unpaired) electrons. The molecule has 49 heavy (non-hydrogen) atoms. The maximum atomic E-state index is 10.4. The molecule has 0 aromatic rings. The first-order chi connectivity index (χ1) is 22.6. The number of methoxy groups -OCH3 is 1. The number of carbonyl (C=O) groups is 7. The van der Waals surface area contributed by atoms with Gasteiger partial charge in [-0.3, -0.25) is 19.2 Å². The van der Waals surface area contributed by atoms with Gasteiger partial charge in [-0.2, -0.15) is 0 Å². The second-order valence-corrected chi connectivity index (χ2v) is 8.95. The van der Waals surface area contributed by atoms with Crippen molar-refractivity contribution in [3.63, 3.8) is 0 Å². The molecule has 0 amide bonds. The van der Waals surface area contributed by atoms with Crippen molar-refractivity contribution in [1.82, 2.24) is 0 Å². The van der Waals surface area contributed by atoms with Gasteiger partial charge in [-0.1, -0.05) is 20.8 Å². The Balaban J connectivity index is -0.0000000662. The number of hydrogen-bond acceptors (Lipinski definition) is 16. The zero-order chi connectivity index (χ0) is 40.8. The lowest BCUT2D eigenvalue weighted by molar-refractivity contribution is -0.152. The standard InChI is InChI=1S/C6H12O3.C5H10O3.C5H10O2.C4H8O2.C4H10O.2C3H6O2.C3H6O/c1-3-4-9-6(8)5(2)7;1-3-8-5(7)4(2)6;1-3-4-7-5(2)6;1-3-6-4(2)5;1-3-4(2)5;1-3(4)5-2;1-2-5-3-4;1-3(2)4/h5,7H,3-4H2,1-2H3;4,6H,3H2,1-2H3;3-4H2,1-2H3;3H2,1-2H3;4-5H,3H2,1-2H3;1-2H3;3H,2H2,1H3;1-2H3. The van der Waals surface area contributed by atoms with Crippen LogP contribution in [0.4, 0.5) is 0 Å². The molecule has 0 fully saturated rings. The lowest BCUT2D eigenvalue weighted by Gasteiger charge is -2.03. The quantitative estimate of drug-likeness (QED) is 0.157. The van der Waals surface area contributed by atoms with Crippen LogP contribution in [0.2, 0.25) is 0 Å². The normalized spacial score (nSPS) is 10.0. The van der Waals surface area contributed by atoms with E-state index in [4.69, 9.17) is 15.3 Å². The number of rotatable bonds is 11. The van der Waals surface area contributed by atoms with Gasteiger partial charge in [0.25, 0.3) is 6.47 Å². The smallest absolute Gasteiger partial charge is 0.334 e. The summed E-state index contributed by atoms with van der Waals surface area (Å²) in [5, 5.41) is 25.4. The van der Waals surface area contributed by atoms with Gasteiger partial charge in [0.2, 0.25) is 0 Å². The molecule has 0 aliphatic rings. The Morgan fingerprint density at radius 2 is 0.878 bits per heavy atom. The van der Waals surface area contributed by atoms with Crippen LogP contribution in [0.3, 0.4) is 0 Å². The molecule has 0 aliphatic heterocycles. The van der Waals surface area contributed by atoms with E-state index < -0.39 is 24.1 Å². The molecule has 0 bridgehead atoms. The predicted octanol–water partition coefficient (Wildman–Crippen LogP) is 3.51. The minimum Gasteiger partial charge on any atom is -0.469 e. The first kappa shape index (κ1) is 64.0. The summed E-state index contributed by atoms with van der Waals surface area (Å²) < 4.78 is 26.2. The van der Waals surface area contributed by atoms with E-state index in [2.05, 4.69) is 28.4 Å². The summed E-state index contributed by atoms with van der Waals surface area (Å²) >= 11 is 0. The van der Waals surface area contributed by atoms with Crippen LogP contribution in [0.1, 0.15) is 116 Å².